The Labute approximate surface area is 261 Å². The van der Waals surface area contributed by atoms with Crippen molar-refractivity contribution in [2.75, 3.05) is 25.6 Å². The number of ether oxygens (including phenoxy) is 2. The number of benzene rings is 3. The third-order valence-corrected chi connectivity index (χ3v) is 13.0. The van der Waals surface area contributed by atoms with E-state index < -0.39 is 55.4 Å². The Morgan fingerprint density at radius 3 is 2.09 bits per heavy atom. The summed E-state index contributed by atoms with van der Waals surface area (Å²) < 4.78 is 71.4. The Kier molecular flexibility index (Phi) is 10.3. The van der Waals surface area contributed by atoms with E-state index >= 15 is 4.39 Å². The van der Waals surface area contributed by atoms with Crippen molar-refractivity contribution >= 4 is 36.4 Å². The molecule has 1 heterocycles. The maximum Gasteiger partial charge on any atom is 0.425 e. The van der Waals surface area contributed by atoms with Gasteiger partial charge >= 0.3 is 18.2 Å². The van der Waals surface area contributed by atoms with Crippen LogP contribution in [0.25, 0.3) is 0 Å². The molecule has 0 unspecified atom stereocenters. The standard InChI is InChI=1S/C33H38F4N2O5Si/c1-22(33(35,36)37)44-29-20-28(27(34)19-26(29)30(40)42-5)38-31(41)39-18-12-13-23(39)21-43-45(32(2,3)4,24-14-8-6-9-15-24)25-16-10-7-11-17-25/h6-11,14-17,19-20,22-23H,12-13,18,21H2,1-5H3,(H,38,41)/t22-,23+/m0/s1. The van der Waals surface area contributed by atoms with Crippen molar-refractivity contribution in [3.63, 3.8) is 0 Å². The van der Waals surface area contributed by atoms with Crippen LogP contribution in [0.5, 0.6) is 5.75 Å². The van der Waals surface area contributed by atoms with Crippen molar-refractivity contribution in [2.45, 2.75) is 63.9 Å². The van der Waals surface area contributed by atoms with Crippen molar-refractivity contribution in [3.05, 3.63) is 84.2 Å². The minimum absolute atomic E-state index is 0.224. The molecule has 3 aromatic carbocycles. The number of hydrogen-bond acceptors (Lipinski definition) is 5. The fourth-order valence-corrected chi connectivity index (χ4v) is 10.3. The molecule has 2 atom stereocenters. The lowest BCUT2D eigenvalue weighted by atomic mass is 10.1. The van der Waals surface area contributed by atoms with E-state index in [1.54, 1.807) is 4.90 Å². The van der Waals surface area contributed by atoms with Crippen LogP contribution in [0.4, 0.5) is 28.0 Å². The first-order valence-electron chi connectivity index (χ1n) is 14.7. The molecule has 45 heavy (non-hydrogen) atoms. The Hall–Kier alpha value is -3.90. The molecule has 2 amide bonds. The normalized spacial score (nSPS) is 16.3. The fourth-order valence-electron chi connectivity index (χ4n) is 5.72. The second-order valence-electron chi connectivity index (χ2n) is 12.0. The molecule has 0 bridgehead atoms. The number of alkyl halides is 3. The van der Waals surface area contributed by atoms with E-state index in [0.29, 0.717) is 25.5 Å². The molecule has 0 saturated carbocycles. The smallest absolute Gasteiger partial charge is 0.425 e. The molecule has 1 N–H and O–H groups in total. The number of halogens is 4. The van der Waals surface area contributed by atoms with Gasteiger partial charge in [0.2, 0.25) is 0 Å². The molecule has 12 heteroatoms. The van der Waals surface area contributed by atoms with Crippen LogP contribution >= 0.6 is 0 Å². The van der Waals surface area contributed by atoms with E-state index in [2.05, 4.69) is 55.1 Å². The Morgan fingerprint density at radius 1 is 1.00 bits per heavy atom. The largest absolute Gasteiger partial charge is 0.480 e. The molecule has 1 aliphatic rings. The van der Waals surface area contributed by atoms with Gasteiger partial charge in [0.05, 0.1) is 25.4 Å². The topological polar surface area (TPSA) is 77.1 Å². The zero-order chi connectivity index (χ0) is 33.0. The zero-order valence-corrected chi connectivity index (χ0v) is 26.9. The van der Waals surface area contributed by atoms with Crippen LogP contribution in [0.15, 0.2) is 72.8 Å². The fraction of sp³-hybridized carbons (Fsp3) is 0.394. The van der Waals surface area contributed by atoms with Crippen LogP contribution in [0, 0.1) is 5.82 Å². The lowest BCUT2D eigenvalue weighted by Gasteiger charge is -2.44. The Morgan fingerprint density at radius 2 is 1.58 bits per heavy atom. The average molecular weight is 647 g/mol. The van der Waals surface area contributed by atoms with Crippen molar-refractivity contribution in [2.24, 2.45) is 0 Å². The summed E-state index contributed by atoms with van der Waals surface area (Å²) in [6.07, 6.45) is -5.73. The van der Waals surface area contributed by atoms with Gasteiger partial charge in [-0.3, -0.25) is 0 Å². The van der Waals surface area contributed by atoms with Gasteiger partial charge in [-0.25, -0.2) is 14.0 Å². The second kappa shape index (κ2) is 13.6. The molecule has 7 nitrogen and oxygen atoms in total. The summed E-state index contributed by atoms with van der Waals surface area (Å²) in [6, 6.07) is 20.7. The van der Waals surface area contributed by atoms with Crippen molar-refractivity contribution in [1.82, 2.24) is 4.90 Å². The molecule has 0 aromatic heterocycles. The number of carbonyl (C=O) groups excluding carboxylic acids is 2. The monoisotopic (exact) mass is 646 g/mol. The lowest BCUT2D eigenvalue weighted by Crippen LogP contribution is -2.67. The van der Waals surface area contributed by atoms with Gasteiger partial charge in [-0.2, -0.15) is 13.2 Å². The van der Waals surface area contributed by atoms with Crippen molar-refractivity contribution in [3.8, 4) is 5.75 Å². The number of likely N-dealkylation sites (tertiary alicyclic amines) is 1. The van der Waals surface area contributed by atoms with Gasteiger partial charge in [0.15, 0.2) is 6.10 Å². The molecular weight excluding hydrogens is 608 g/mol. The van der Waals surface area contributed by atoms with Crippen LogP contribution < -0.4 is 20.4 Å². The number of hydrogen-bond donors (Lipinski definition) is 1. The molecule has 1 saturated heterocycles. The van der Waals surface area contributed by atoms with E-state index in [4.69, 9.17) is 9.16 Å². The summed E-state index contributed by atoms with van der Waals surface area (Å²) in [5.41, 5.74) is -0.975. The number of carbonyl (C=O) groups is 2. The van der Waals surface area contributed by atoms with E-state index in [-0.39, 0.29) is 17.7 Å². The highest BCUT2D eigenvalue weighted by molar-refractivity contribution is 6.99. The van der Waals surface area contributed by atoms with Crippen LogP contribution in [0.3, 0.4) is 0 Å². The van der Waals surface area contributed by atoms with Gasteiger partial charge in [-0.05, 0) is 41.2 Å². The summed E-state index contributed by atoms with van der Waals surface area (Å²) in [5, 5.41) is 4.36. The second-order valence-corrected chi connectivity index (χ2v) is 16.3. The van der Waals surface area contributed by atoms with Gasteiger partial charge < -0.3 is 24.1 Å². The highest BCUT2D eigenvalue weighted by Crippen LogP contribution is 2.38. The number of urea groups is 1. The van der Waals surface area contributed by atoms with E-state index in [1.807, 2.05) is 36.4 Å². The number of amides is 2. The van der Waals surface area contributed by atoms with Crippen molar-refractivity contribution < 1.29 is 41.1 Å². The minimum atomic E-state index is -4.75. The first kappa shape index (κ1) is 34.0. The summed E-state index contributed by atoms with van der Waals surface area (Å²) in [7, 11) is -1.89. The third kappa shape index (κ3) is 7.33. The van der Waals surface area contributed by atoms with Crippen LogP contribution in [-0.4, -0.2) is 63.8 Å². The summed E-state index contributed by atoms with van der Waals surface area (Å²) in [4.78, 5) is 27.2. The zero-order valence-electron chi connectivity index (χ0n) is 25.9. The first-order chi connectivity index (χ1) is 21.2. The molecular formula is C33H38F4N2O5Si. The minimum Gasteiger partial charge on any atom is -0.480 e. The van der Waals surface area contributed by atoms with E-state index in [0.717, 1.165) is 30.5 Å². The highest BCUT2D eigenvalue weighted by Gasteiger charge is 2.51. The summed E-state index contributed by atoms with van der Waals surface area (Å²) in [5.74, 6) is -2.69. The van der Waals surface area contributed by atoms with Crippen LogP contribution in [0.1, 0.15) is 50.9 Å². The molecule has 0 radical (unpaired) electrons. The quantitative estimate of drug-likeness (QED) is 0.163. The molecule has 0 aliphatic carbocycles. The van der Waals surface area contributed by atoms with Gasteiger partial charge in [0.1, 0.15) is 17.1 Å². The molecule has 1 aliphatic heterocycles. The maximum absolute atomic E-state index is 15.1. The Balaban J connectivity index is 1.60. The van der Waals surface area contributed by atoms with Gasteiger partial charge in [0.25, 0.3) is 8.32 Å². The van der Waals surface area contributed by atoms with E-state index in [1.165, 1.54) is 0 Å². The van der Waals surface area contributed by atoms with Gasteiger partial charge in [-0.1, -0.05) is 81.4 Å². The number of esters is 1. The molecule has 4 rings (SSSR count). The van der Waals surface area contributed by atoms with E-state index in [9.17, 15) is 22.8 Å². The average Bonchev–Trinajstić information content (AvgIpc) is 3.47. The summed E-state index contributed by atoms with van der Waals surface area (Å²) >= 11 is 0. The highest BCUT2D eigenvalue weighted by atomic mass is 28.4. The maximum atomic E-state index is 15.1. The number of nitrogens with one attached hydrogen (secondary N) is 1. The Bertz CT molecular complexity index is 1440. The lowest BCUT2D eigenvalue weighted by molar-refractivity contribution is -0.189. The number of rotatable bonds is 9. The SMILES string of the molecule is COC(=O)c1cc(F)c(NC(=O)N2CCC[C@@H]2CO[Si](c2ccccc2)(c2ccccc2)C(C)(C)C)cc1O[C@@H](C)C(F)(F)F. The van der Waals surface area contributed by atoms with Gasteiger partial charge in [-0.15, -0.1) is 0 Å². The third-order valence-electron chi connectivity index (χ3n) is 8.03. The molecule has 1 fully saturated rings. The molecule has 3 aromatic rings. The predicted octanol–water partition coefficient (Wildman–Crippen LogP) is 6.51. The van der Waals surface area contributed by atoms with Crippen LogP contribution in [-0.2, 0) is 9.16 Å². The number of anilines is 1. The molecule has 242 valence electrons. The van der Waals surface area contributed by atoms with Gasteiger partial charge in [0, 0.05) is 12.6 Å². The number of methoxy groups -OCH3 is 1. The van der Waals surface area contributed by atoms with Crippen molar-refractivity contribution in [1.29, 1.82) is 0 Å². The molecule has 0 spiro atoms. The predicted molar refractivity (Wildman–Crippen MR) is 166 cm³/mol. The number of nitrogens with zero attached hydrogens (tertiary/aromatic N) is 1. The first-order valence-corrected chi connectivity index (χ1v) is 16.6. The van der Waals surface area contributed by atoms with Crippen LogP contribution in [0.2, 0.25) is 5.04 Å². The summed E-state index contributed by atoms with van der Waals surface area (Å²) in [6.45, 7) is 7.80.